The first-order valence-electron chi connectivity index (χ1n) is 5.70. The van der Waals surface area contributed by atoms with Crippen molar-refractivity contribution in [1.29, 1.82) is 0 Å². The molecule has 5 nitrogen and oxygen atoms in total. The monoisotopic (exact) mass is 254 g/mol. The molecule has 92 valence electrons. The van der Waals surface area contributed by atoms with Crippen molar-refractivity contribution in [3.63, 3.8) is 0 Å². The Balaban J connectivity index is 2.01. The minimum absolute atomic E-state index is 0.00580. The Bertz CT molecular complexity index is 412. The minimum Gasteiger partial charge on any atom is -0.330 e. The highest BCUT2D eigenvalue weighted by atomic mass is 35.5. The molecule has 6 heteroatoms. The van der Waals surface area contributed by atoms with Crippen molar-refractivity contribution in [3.8, 4) is 0 Å². The first-order chi connectivity index (χ1) is 8.20. The van der Waals surface area contributed by atoms with Gasteiger partial charge in [-0.25, -0.2) is 9.97 Å². The van der Waals surface area contributed by atoms with E-state index in [1.807, 2.05) is 0 Å². The third-order valence-electron chi connectivity index (χ3n) is 3.18. The predicted molar refractivity (Wildman–Crippen MR) is 65.6 cm³/mol. The van der Waals surface area contributed by atoms with Crippen molar-refractivity contribution < 1.29 is 4.79 Å². The van der Waals surface area contributed by atoms with Crippen molar-refractivity contribution in [3.05, 3.63) is 17.5 Å². The lowest BCUT2D eigenvalue weighted by Gasteiger charge is -2.16. The van der Waals surface area contributed by atoms with Gasteiger partial charge in [0.25, 0.3) is 0 Å². The summed E-state index contributed by atoms with van der Waals surface area (Å²) in [4.78, 5) is 19.7. The Hall–Kier alpha value is -1.20. The summed E-state index contributed by atoms with van der Waals surface area (Å²) in [6, 6.07) is 1.62. The van der Waals surface area contributed by atoms with Crippen LogP contribution in [0.15, 0.2) is 12.3 Å². The highest BCUT2D eigenvalue weighted by Gasteiger charge is 2.32. The molecule has 1 aromatic heterocycles. The number of nitrogens with zero attached hydrogens (tertiary/aromatic N) is 2. The third kappa shape index (κ3) is 2.92. The molecule has 17 heavy (non-hydrogen) atoms. The smallest absolute Gasteiger partial charge is 0.228 e. The van der Waals surface area contributed by atoms with E-state index in [1.165, 1.54) is 6.20 Å². The topological polar surface area (TPSA) is 80.9 Å². The van der Waals surface area contributed by atoms with E-state index >= 15 is 0 Å². The van der Waals surface area contributed by atoms with Crippen molar-refractivity contribution in [2.75, 3.05) is 11.9 Å². The Morgan fingerprint density at radius 3 is 3.12 bits per heavy atom. The van der Waals surface area contributed by atoms with E-state index in [9.17, 15) is 4.79 Å². The number of hydrogen-bond donors (Lipinski definition) is 2. The Labute approximate surface area is 105 Å². The molecule has 0 bridgehead atoms. The maximum Gasteiger partial charge on any atom is 0.228 e. The molecule has 3 N–H and O–H groups in total. The van der Waals surface area contributed by atoms with Crippen LogP contribution in [0.25, 0.3) is 0 Å². The number of hydrogen-bond acceptors (Lipinski definition) is 4. The number of halogens is 1. The van der Waals surface area contributed by atoms with E-state index in [0.29, 0.717) is 12.4 Å². The summed E-state index contributed by atoms with van der Waals surface area (Å²) >= 11 is 5.65. The SMILES string of the molecule is NCC1CCCC1C(=O)Nc1ccnc(Cl)n1. The number of carbonyl (C=O) groups is 1. The Morgan fingerprint density at radius 1 is 1.59 bits per heavy atom. The molecule has 2 unspecified atom stereocenters. The summed E-state index contributed by atoms with van der Waals surface area (Å²) in [5.41, 5.74) is 5.65. The number of nitrogens with one attached hydrogen (secondary N) is 1. The molecule has 1 aliphatic carbocycles. The van der Waals surface area contributed by atoms with Gasteiger partial charge in [0, 0.05) is 12.1 Å². The van der Waals surface area contributed by atoms with Crippen LogP contribution in [0.5, 0.6) is 0 Å². The van der Waals surface area contributed by atoms with Crippen LogP contribution >= 0.6 is 11.6 Å². The van der Waals surface area contributed by atoms with Gasteiger partial charge >= 0.3 is 0 Å². The van der Waals surface area contributed by atoms with Crippen molar-refractivity contribution in [2.45, 2.75) is 19.3 Å². The fourth-order valence-electron chi connectivity index (χ4n) is 2.29. The third-order valence-corrected chi connectivity index (χ3v) is 3.36. The molecule has 1 aliphatic rings. The summed E-state index contributed by atoms with van der Waals surface area (Å²) < 4.78 is 0. The van der Waals surface area contributed by atoms with Gasteiger partial charge in [-0.2, -0.15) is 0 Å². The summed E-state index contributed by atoms with van der Waals surface area (Å²) in [5.74, 6) is 0.700. The summed E-state index contributed by atoms with van der Waals surface area (Å²) in [5, 5.41) is 2.89. The molecule has 0 spiro atoms. The highest BCUT2D eigenvalue weighted by molar-refractivity contribution is 6.28. The maximum absolute atomic E-state index is 12.0. The second kappa shape index (κ2) is 5.42. The Morgan fingerprint density at radius 2 is 2.41 bits per heavy atom. The van der Waals surface area contributed by atoms with Crippen molar-refractivity contribution in [2.24, 2.45) is 17.6 Å². The van der Waals surface area contributed by atoms with E-state index < -0.39 is 0 Å². The van der Waals surface area contributed by atoms with Crippen LogP contribution in [0.2, 0.25) is 5.28 Å². The van der Waals surface area contributed by atoms with E-state index in [1.54, 1.807) is 6.07 Å². The molecule has 2 atom stereocenters. The van der Waals surface area contributed by atoms with Crippen LogP contribution in [-0.2, 0) is 4.79 Å². The number of amides is 1. The van der Waals surface area contributed by atoms with E-state index in [4.69, 9.17) is 17.3 Å². The van der Waals surface area contributed by atoms with Crippen LogP contribution in [0.4, 0.5) is 5.82 Å². The summed E-state index contributed by atoms with van der Waals surface area (Å²) in [6.07, 6.45) is 4.50. The first-order valence-corrected chi connectivity index (χ1v) is 6.08. The highest BCUT2D eigenvalue weighted by Crippen LogP contribution is 2.31. The summed E-state index contributed by atoms with van der Waals surface area (Å²) in [6.45, 7) is 0.558. The molecule has 1 heterocycles. The molecule has 2 rings (SSSR count). The fraction of sp³-hybridized carbons (Fsp3) is 0.545. The van der Waals surface area contributed by atoms with E-state index in [-0.39, 0.29) is 23.0 Å². The van der Waals surface area contributed by atoms with Crippen LogP contribution in [0.1, 0.15) is 19.3 Å². The molecule has 0 aromatic carbocycles. The maximum atomic E-state index is 12.0. The lowest BCUT2D eigenvalue weighted by atomic mass is 9.95. The molecule has 1 saturated carbocycles. The zero-order chi connectivity index (χ0) is 12.3. The molecule has 0 aliphatic heterocycles. The molecular formula is C11H15ClN4O. The molecule has 1 fully saturated rings. The largest absolute Gasteiger partial charge is 0.330 e. The standard InChI is InChI=1S/C11H15ClN4O/c12-11-14-5-4-9(16-11)15-10(17)8-3-1-2-7(8)6-13/h4-5,7-8H,1-3,6,13H2,(H,14,15,16,17). The van der Waals surface area contributed by atoms with Gasteiger partial charge in [0.1, 0.15) is 5.82 Å². The molecular weight excluding hydrogens is 240 g/mol. The second-order valence-corrected chi connectivity index (χ2v) is 4.57. The van der Waals surface area contributed by atoms with Gasteiger partial charge in [0.05, 0.1) is 0 Å². The predicted octanol–water partition coefficient (Wildman–Crippen LogP) is 1.44. The van der Waals surface area contributed by atoms with Gasteiger partial charge in [0.15, 0.2) is 0 Å². The lowest BCUT2D eigenvalue weighted by Crippen LogP contribution is -2.30. The first kappa shape index (κ1) is 12.3. The van der Waals surface area contributed by atoms with Gasteiger partial charge in [-0.15, -0.1) is 0 Å². The quantitative estimate of drug-likeness (QED) is 0.800. The Kier molecular flexibility index (Phi) is 3.91. The van der Waals surface area contributed by atoms with E-state index in [0.717, 1.165) is 19.3 Å². The number of rotatable bonds is 3. The van der Waals surface area contributed by atoms with Gasteiger partial charge < -0.3 is 11.1 Å². The average molecular weight is 255 g/mol. The van der Waals surface area contributed by atoms with Crippen molar-refractivity contribution in [1.82, 2.24) is 9.97 Å². The van der Waals surface area contributed by atoms with Crippen molar-refractivity contribution >= 4 is 23.3 Å². The number of aromatic nitrogens is 2. The zero-order valence-corrected chi connectivity index (χ0v) is 10.2. The second-order valence-electron chi connectivity index (χ2n) is 4.23. The average Bonchev–Trinajstić information content (AvgIpc) is 2.77. The minimum atomic E-state index is -0.0206. The van der Waals surface area contributed by atoms with E-state index in [2.05, 4.69) is 15.3 Å². The number of carbonyl (C=O) groups excluding carboxylic acids is 1. The van der Waals surface area contributed by atoms with Gasteiger partial charge in [-0.3, -0.25) is 4.79 Å². The van der Waals surface area contributed by atoms with Crippen LogP contribution in [-0.4, -0.2) is 22.4 Å². The lowest BCUT2D eigenvalue weighted by molar-refractivity contribution is -0.120. The zero-order valence-electron chi connectivity index (χ0n) is 9.40. The fourth-order valence-corrected chi connectivity index (χ4v) is 2.43. The summed E-state index contributed by atoms with van der Waals surface area (Å²) in [7, 11) is 0. The molecule has 1 aromatic rings. The number of nitrogens with two attached hydrogens (primary N) is 1. The number of anilines is 1. The van der Waals surface area contributed by atoms with Crippen LogP contribution in [0.3, 0.4) is 0 Å². The molecule has 0 radical (unpaired) electrons. The van der Waals surface area contributed by atoms with Gasteiger partial charge in [0.2, 0.25) is 11.2 Å². The molecule has 1 amide bonds. The molecule has 0 saturated heterocycles. The van der Waals surface area contributed by atoms with Gasteiger partial charge in [-0.1, -0.05) is 6.42 Å². The normalized spacial score (nSPS) is 23.6. The van der Waals surface area contributed by atoms with Crippen LogP contribution in [0, 0.1) is 11.8 Å². The van der Waals surface area contributed by atoms with Gasteiger partial charge in [-0.05, 0) is 43.0 Å². The van der Waals surface area contributed by atoms with Crippen LogP contribution < -0.4 is 11.1 Å².